The Kier molecular flexibility index (Phi) is 5.77. The molecule has 1 heterocycles. The largest absolute Gasteiger partial charge is 0.444 e. The van der Waals surface area contributed by atoms with E-state index in [1.807, 2.05) is 43.9 Å². The Bertz CT molecular complexity index is 543. The van der Waals surface area contributed by atoms with Gasteiger partial charge in [-0.25, -0.2) is 4.79 Å². The van der Waals surface area contributed by atoms with Crippen molar-refractivity contribution in [2.75, 3.05) is 18.4 Å². The molecule has 1 aromatic carbocycles. The molecule has 1 aromatic rings. The van der Waals surface area contributed by atoms with Crippen LogP contribution in [-0.2, 0) is 4.74 Å². The number of nitrogens with one attached hydrogen (secondary N) is 1. The van der Waals surface area contributed by atoms with Crippen LogP contribution in [0.15, 0.2) is 27.1 Å². The van der Waals surface area contributed by atoms with Crippen LogP contribution in [-0.4, -0.2) is 35.7 Å². The molecule has 1 saturated heterocycles. The van der Waals surface area contributed by atoms with Gasteiger partial charge in [0.05, 0.1) is 6.04 Å². The number of carbonyl (C=O) groups excluding carboxylic acids is 1. The fraction of sp³-hybridized carbons (Fsp3) is 0.562. The van der Waals surface area contributed by atoms with Gasteiger partial charge in [0, 0.05) is 27.7 Å². The zero-order chi connectivity index (χ0) is 16.3. The zero-order valence-electron chi connectivity index (χ0n) is 13.2. The van der Waals surface area contributed by atoms with Crippen LogP contribution in [0.2, 0.25) is 0 Å². The molecule has 6 heteroatoms. The highest BCUT2D eigenvalue weighted by atomic mass is 79.9. The molecule has 0 aromatic heterocycles. The standard InChI is InChI=1S/C16H22Br2N2O2/c1-16(2,3)22-15(21)20-8-4-5-12(20)10-19-14-7-6-11(17)9-13(14)18/h6-7,9,12,19H,4-5,8,10H2,1-3H3. The second-order valence-electron chi connectivity index (χ2n) is 6.47. The molecule has 22 heavy (non-hydrogen) atoms. The molecular weight excluding hydrogens is 412 g/mol. The first kappa shape index (κ1) is 17.6. The van der Waals surface area contributed by atoms with Crippen LogP contribution in [0.3, 0.4) is 0 Å². The summed E-state index contributed by atoms with van der Waals surface area (Å²) in [6.45, 7) is 7.18. The van der Waals surface area contributed by atoms with Crippen molar-refractivity contribution in [1.82, 2.24) is 4.90 Å². The number of nitrogens with zero attached hydrogens (tertiary/aromatic N) is 1. The summed E-state index contributed by atoms with van der Waals surface area (Å²) in [5.41, 5.74) is 0.575. The molecule has 2 rings (SSSR count). The number of hydrogen-bond acceptors (Lipinski definition) is 3. The molecule has 0 spiro atoms. The van der Waals surface area contributed by atoms with Crippen molar-refractivity contribution in [1.29, 1.82) is 0 Å². The van der Waals surface area contributed by atoms with Crippen molar-refractivity contribution in [3.63, 3.8) is 0 Å². The number of benzene rings is 1. The van der Waals surface area contributed by atoms with Gasteiger partial charge in [-0.3, -0.25) is 0 Å². The highest BCUT2D eigenvalue weighted by Gasteiger charge is 2.31. The highest BCUT2D eigenvalue weighted by Crippen LogP contribution is 2.27. The monoisotopic (exact) mass is 432 g/mol. The number of carbonyl (C=O) groups is 1. The Morgan fingerprint density at radius 2 is 2.14 bits per heavy atom. The first-order valence-electron chi connectivity index (χ1n) is 7.45. The average Bonchev–Trinajstić information content (AvgIpc) is 2.84. The Morgan fingerprint density at radius 3 is 2.77 bits per heavy atom. The third-order valence-corrected chi connectivity index (χ3v) is 4.61. The van der Waals surface area contributed by atoms with Gasteiger partial charge in [0.15, 0.2) is 0 Å². The lowest BCUT2D eigenvalue weighted by atomic mass is 10.2. The minimum absolute atomic E-state index is 0.172. The SMILES string of the molecule is CC(C)(C)OC(=O)N1CCCC1CNc1ccc(Br)cc1Br. The van der Waals surface area contributed by atoms with E-state index in [-0.39, 0.29) is 12.1 Å². The maximum atomic E-state index is 12.3. The molecule has 1 fully saturated rings. The van der Waals surface area contributed by atoms with Crippen molar-refractivity contribution < 1.29 is 9.53 Å². The fourth-order valence-corrected chi connectivity index (χ4v) is 3.66. The number of rotatable bonds is 3. The number of ether oxygens (including phenoxy) is 1. The summed E-state index contributed by atoms with van der Waals surface area (Å²) in [6.07, 6.45) is 1.81. The maximum absolute atomic E-state index is 12.3. The van der Waals surface area contributed by atoms with Gasteiger partial charge in [-0.15, -0.1) is 0 Å². The summed E-state index contributed by atoms with van der Waals surface area (Å²) < 4.78 is 7.52. The second kappa shape index (κ2) is 7.21. The van der Waals surface area contributed by atoms with E-state index in [1.165, 1.54) is 0 Å². The van der Waals surface area contributed by atoms with E-state index < -0.39 is 5.60 Å². The number of anilines is 1. The summed E-state index contributed by atoms with van der Waals surface area (Å²) >= 11 is 6.99. The second-order valence-corrected chi connectivity index (χ2v) is 8.24. The molecule has 1 aliphatic rings. The predicted molar refractivity (Wildman–Crippen MR) is 96.3 cm³/mol. The quantitative estimate of drug-likeness (QED) is 0.727. The lowest BCUT2D eigenvalue weighted by Crippen LogP contribution is -2.42. The number of amides is 1. The number of likely N-dealkylation sites (tertiary alicyclic amines) is 1. The van der Waals surface area contributed by atoms with Gasteiger partial charge >= 0.3 is 6.09 Å². The summed E-state index contributed by atoms with van der Waals surface area (Å²) in [5.74, 6) is 0. The average molecular weight is 434 g/mol. The van der Waals surface area contributed by atoms with E-state index in [9.17, 15) is 4.79 Å². The summed E-state index contributed by atoms with van der Waals surface area (Å²) in [5, 5.41) is 3.41. The van der Waals surface area contributed by atoms with E-state index in [0.29, 0.717) is 0 Å². The molecule has 1 amide bonds. The minimum atomic E-state index is -0.452. The highest BCUT2D eigenvalue weighted by molar-refractivity contribution is 9.11. The van der Waals surface area contributed by atoms with E-state index in [1.54, 1.807) is 0 Å². The van der Waals surface area contributed by atoms with Crippen LogP contribution in [0, 0.1) is 0 Å². The van der Waals surface area contributed by atoms with Crippen LogP contribution in [0.5, 0.6) is 0 Å². The summed E-state index contributed by atoms with van der Waals surface area (Å²) in [4.78, 5) is 14.1. The van der Waals surface area contributed by atoms with E-state index in [2.05, 4.69) is 37.2 Å². The van der Waals surface area contributed by atoms with Crippen LogP contribution in [0.25, 0.3) is 0 Å². The van der Waals surface area contributed by atoms with Gasteiger partial charge in [0.2, 0.25) is 0 Å². The van der Waals surface area contributed by atoms with E-state index >= 15 is 0 Å². The van der Waals surface area contributed by atoms with Crippen molar-refractivity contribution in [2.45, 2.75) is 45.3 Å². The normalized spacial score (nSPS) is 18.4. The fourth-order valence-electron chi connectivity index (χ4n) is 2.47. The summed E-state index contributed by atoms with van der Waals surface area (Å²) in [7, 11) is 0. The van der Waals surface area contributed by atoms with Gasteiger partial charge in [-0.1, -0.05) is 15.9 Å². The summed E-state index contributed by atoms with van der Waals surface area (Å²) in [6, 6.07) is 6.18. The van der Waals surface area contributed by atoms with Crippen molar-refractivity contribution in [3.05, 3.63) is 27.1 Å². The Balaban J connectivity index is 1.95. The van der Waals surface area contributed by atoms with Crippen molar-refractivity contribution in [3.8, 4) is 0 Å². The lowest BCUT2D eigenvalue weighted by molar-refractivity contribution is 0.0235. The van der Waals surface area contributed by atoms with Gasteiger partial charge in [0.25, 0.3) is 0 Å². The van der Waals surface area contributed by atoms with Crippen molar-refractivity contribution in [2.24, 2.45) is 0 Å². The molecule has 0 bridgehead atoms. The zero-order valence-corrected chi connectivity index (χ0v) is 16.3. The van der Waals surface area contributed by atoms with Gasteiger partial charge < -0.3 is 15.0 Å². The van der Waals surface area contributed by atoms with Crippen LogP contribution >= 0.6 is 31.9 Å². The molecule has 1 atom stereocenters. The van der Waals surface area contributed by atoms with Crippen molar-refractivity contribution >= 4 is 43.6 Å². The molecule has 1 N–H and O–H groups in total. The molecule has 122 valence electrons. The van der Waals surface area contributed by atoms with E-state index in [0.717, 1.165) is 40.6 Å². The van der Waals surface area contributed by atoms with Crippen LogP contribution in [0.4, 0.5) is 10.5 Å². The smallest absolute Gasteiger partial charge is 0.410 e. The van der Waals surface area contributed by atoms with Gasteiger partial charge in [0.1, 0.15) is 5.60 Å². The predicted octanol–water partition coefficient (Wildman–Crippen LogP) is 5.02. The number of hydrogen-bond donors (Lipinski definition) is 1. The number of halogens is 2. The third-order valence-electron chi connectivity index (χ3n) is 3.46. The minimum Gasteiger partial charge on any atom is -0.444 e. The van der Waals surface area contributed by atoms with Gasteiger partial charge in [-0.05, 0) is 67.7 Å². The maximum Gasteiger partial charge on any atom is 0.410 e. The third kappa shape index (κ3) is 4.88. The molecular formula is C16H22Br2N2O2. The van der Waals surface area contributed by atoms with Gasteiger partial charge in [-0.2, -0.15) is 0 Å². The van der Waals surface area contributed by atoms with E-state index in [4.69, 9.17) is 4.74 Å². The first-order valence-corrected chi connectivity index (χ1v) is 9.03. The van der Waals surface area contributed by atoms with Crippen LogP contribution < -0.4 is 5.32 Å². The molecule has 0 radical (unpaired) electrons. The topological polar surface area (TPSA) is 41.6 Å². The Morgan fingerprint density at radius 1 is 1.41 bits per heavy atom. The molecule has 0 saturated carbocycles. The Labute approximate surface area is 148 Å². The molecule has 1 unspecified atom stereocenters. The van der Waals surface area contributed by atoms with Crippen LogP contribution in [0.1, 0.15) is 33.6 Å². The molecule has 4 nitrogen and oxygen atoms in total. The lowest BCUT2D eigenvalue weighted by Gasteiger charge is -2.29. The molecule has 0 aliphatic carbocycles. The first-order chi connectivity index (χ1) is 10.3. The molecule has 1 aliphatic heterocycles. The Hall–Kier alpha value is -0.750.